The van der Waals surface area contributed by atoms with Gasteiger partial charge in [-0.2, -0.15) is 11.8 Å². The molecule has 0 aliphatic heterocycles. The molecule has 1 atom stereocenters. The van der Waals surface area contributed by atoms with E-state index in [1.807, 2.05) is 6.07 Å². The molecule has 0 amide bonds. The van der Waals surface area contributed by atoms with Crippen molar-refractivity contribution in [1.82, 2.24) is 0 Å². The first-order chi connectivity index (χ1) is 6.53. The number of nitrogens with two attached hydrogens (primary N) is 1. The summed E-state index contributed by atoms with van der Waals surface area (Å²) < 4.78 is 5.16. The average Bonchev–Trinajstić information content (AvgIpc) is 2.51. The first-order valence-corrected chi connectivity index (χ1v) is 5.81. The fourth-order valence-corrected chi connectivity index (χ4v) is 2.04. The van der Waals surface area contributed by atoms with Crippen LogP contribution in [0.1, 0.15) is 12.7 Å². The number of rotatable bonds is 5. The quantitative estimate of drug-likeness (QED) is 0.818. The van der Waals surface area contributed by atoms with Crippen LogP contribution in [0.4, 0.5) is 0 Å². The molecule has 0 bridgehead atoms. The highest BCUT2D eigenvalue weighted by atomic mass is 35.5. The Kier molecular flexibility index (Phi) is 4.31. The Balaban J connectivity index is 2.28. The molecule has 1 aromatic rings. The van der Waals surface area contributed by atoms with E-state index < -0.39 is 5.60 Å². The lowest BCUT2D eigenvalue weighted by molar-refractivity contribution is 0.0949. The zero-order valence-electron chi connectivity index (χ0n) is 8.00. The Hall–Kier alpha value is -0.160. The largest absolute Gasteiger partial charge is 0.449 e. The number of hydrogen-bond acceptors (Lipinski definition) is 4. The van der Waals surface area contributed by atoms with Crippen molar-refractivity contribution in [2.75, 3.05) is 12.3 Å². The predicted octanol–water partition coefficient (Wildman–Crippen LogP) is 1.88. The molecule has 1 rings (SSSR count). The maximum absolute atomic E-state index is 9.60. The van der Waals surface area contributed by atoms with Gasteiger partial charge in [0.05, 0.1) is 11.4 Å². The van der Waals surface area contributed by atoms with Crippen LogP contribution in [0.15, 0.2) is 16.5 Å². The molecule has 0 saturated heterocycles. The number of aliphatic hydroxyl groups is 1. The smallest absolute Gasteiger partial charge is 0.193 e. The molecule has 5 heteroatoms. The molecular weight excluding hydrogens is 222 g/mol. The average molecular weight is 236 g/mol. The minimum Gasteiger partial charge on any atom is -0.449 e. The van der Waals surface area contributed by atoms with Gasteiger partial charge in [0.15, 0.2) is 5.22 Å². The van der Waals surface area contributed by atoms with Crippen LogP contribution in [0, 0.1) is 0 Å². The second-order valence-electron chi connectivity index (χ2n) is 3.40. The van der Waals surface area contributed by atoms with Crippen molar-refractivity contribution in [3.8, 4) is 0 Å². The van der Waals surface area contributed by atoms with Crippen molar-refractivity contribution in [2.24, 2.45) is 5.73 Å². The minimum atomic E-state index is -0.805. The monoisotopic (exact) mass is 235 g/mol. The molecule has 0 aliphatic carbocycles. The highest BCUT2D eigenvalue weighted by molar-refractivity contribution is 7.98. The van der Waals surface area contributed by atoms with Crippen molar-refractivity contribution >= 4 is 23.4 Å². The SMILES string of the molecule is CC(O)(CN)CSCc1ccc(Cl)o1. The molecule has 0 aliphatic rings. The van der Waals surface area contributed by atoms with Crippen molar-refractivity contribution in [3.05, 3.63) is 23.1 Å². The van der Waals surface area contributed by atoms with E-state index >= 15 is 0 Å². The summed E-state index contributed by atoms with van der Waals surface area (Å²) >= 11 is 7.18. The fraction of sp³-hybridized carbons (Fsp3) is 0.556. The number of hydrogen-bond donors (Lipinski definition) is 2. The van der Waals surface area contributed by atoms with E-state index in [-0.39, 0.29) is 6.54 Å². The van der Waals surface area contributed by atoms with Crippen molar-refractivity contribution in [3.63, 3.8) is 0 Å². The summed E-state index contributed by atoms with van der Waals surface area (Å²) in [6.45, 7) is 1.98. The van der Waals surface area contributed by atoms with Gasteiger partial charge in [-0.15, -0.1) is 0 Å². The zero-order valence-corrected chi connectivity index (χ0v) is 9.57. The lowest BCUT2D eigenvalue weighted by atomic mass is 10.1. The van der Waals surface area contributed by atoms with Crippen LogP contribution in [-0.2, 0) is 5.75 Å². The Labute approximate surface area is 92.6 Å². The van der Waals surface area contributed by atoms with E-state index in [0.717, 1.165) is 5.76 Å². The van der Waals surface area contributed by atoms with Crippen LogP contribution in [0.2, 0.25) is 5.22 Å². The van der Waals surface area contributed by atoms with Crippen molar-refractivity contribution in [1.29, 1.82) is 0 Å². The Morgan fingerprint density at radius 3 is 2.86 bits per heavy atom. The Bertz CT molecular complexity index is 288. The lowest BCUT2D eigenvalue weighted by Crippen LogP contribution is -2.36. The molecule has 14 heavy (non-hydrogen) atoms. The van der Waals surface area contributed by atoms with Gasteiger partial charge >= 0.3 is 0 Å². The van der Waals surface area contributed by atoms with Gasteiger partial charge in [-0.1, -0.05) is 0 Å². The van der Waals surface area contributed by atoms with E-state index in [1.165, 1.54) is 0 Å². The normalized spacial score (nSPS) is 15.4. The maximum Gasteiger partial charge on any atom is 0.193 e. The van der Waals surface area contributed by atoms with E-state index in [9.17, 15) is 5.11 Å². The third-order valence-electron chi connectivity index (χ3n) is 1.73. The van der Waals surface area contributed by atoms with Crippen molar-refractivity contribution < 1.29 is 9.52 Å². The highest BCUT2D eigenvalue weighted by Crippen LogP contribution is 2.20. The van der Waals surface area contributed by atoms with E-state index in [0.29, 0.717) is 16.7 Å². The van der Waals surface area contributed by atoms with E-state index in [2.05, 4.69) is 0 Å². The summed E-state index contributed by atoms with van der Waals surface area (Å²) in [7, 11) is 0. The summed E-state index contributed by atoms with van der Waals surface area (Å²) in [6.07, 6.45) is 0. The van der Waals surface area contributed by atoms with Crippen LogP contribution in [-0.4, -0.2) is 23.0 Å². The molecule has 1 unspecified atom stereocenters. The predicted molar refractivity (Wildman–Crippen MR) is 59.6 cm³/mol. The summed E-state index contributed by atoms with van der Waals surface area (Å²) in [5, 5.41) is 10.00. The van der Waals surface area contributed by atoms with Gasteiger partial charge in [-0.25, -0.2) is 0 Å². The Morgan fingerprint density at radius 2 is 2.36 bits per heavy atom. The molecule has 1 aromatic heterocycles. The van der Waals surface area contributed by atoms with Crippen LogP contribution in [0.25, 0.3) is 0 Å². The topological polar surface area (TPSA) is 59.4 Å². The van der Waals surface area contributed by atoms with Crippen LogP contribution >= 0.6 is 23.4 Å². The highest BCUT2D eigenvalue weighted by Gasteiger charge is 2.17. The molecule has 0 aromatic carbocycles. The number of halogens is 1. The molecule has 0 saturated carbocycles. The summed E-state index contributed by atoms with van der Waals surface area (Å²) in [5.74, 6) is 2.10. The third kappa shape index (κ3) is 3.92. The van der Waals surface area contributed by atoms with Crippen LogP contribution < -0.4 is 5.73 Å². The van der Waals surface area contributed by atoms with Gasteiger partial charge in [-0.05, 0) is 30.7 Å². The molecule has 3 nitrogen and oxygen atoms in total. The zero-order chi connectivity index (χ0) is 10.6. The second kappa shape index (κ2) is 5.07. The van der Waals surface area contributed by atoms with Gasteiger partial charge in [0.25, 0.3) is 0 Å². The molecular formula is C9H14ClNO2S. The second-order valence-corrected chi connectivity index (χ2v) is 4.76. The van der Waals surface area contributed by atoms with E-state index in [1.54, 1.807) is 24.8 Å². The van der Waals surface area contributed by atoms with Gasteiger partial charge in [0.2, 0.25) is 0 Å². The van der Waals surface area contributed by atoms with Gasteiger partial charge in [0.1, 0.15) is 5.76 Å². The van der Waals surface area contributed by atoms with Crippen LogP contribution in [0.3, 0.4) is 0 Å². The Morgan fingerprint density at radius 1 is 1.64 bits per heavy atom. The summed E-state index contributed by atoms with van der Waals surface area (Å²) in [4.78, 5) is 0. The maximum atomic E-state index is 9.60. The molecule has 1 heterocycles. The minimum absolute atomic E-state index is 0.263. The van der Waals surface area contributed by atoms with Gasteiger partial charge in [0, 0.05) is 12.3 Å². The van der Waals surface area contributed by atoms with Gasteiger partial charge < -0.3 is 15.3 Å². The van der Waals surface area contributed by atoms with Crippen LogP contribution in [0.5, 0.6) is 0 Å². The number of thioether (sulfide) groups is 1. The molecule has 0 spiro atoms. The summed E-state index contributed by atoms with van der Waals surface area (Å²) in [5.41, 5.74) is 4.58. The fourth-order valence-electron chi connectivity index (χ4n) is 0.860. The molecule has 80 valence electrons. The standard InChI is InChI=1S/C9H14ClNO2S/c1-9(12,5-11)6-14-4-7-2-3-8(10)13-7/h2-3,12H,4-6,11H2,1H3. The molecule has 3 N–H and O–H groups in total. The van der Waals surface area contributed by atoms with Crippen molar-refractivity contribution in [2.45, 2.75) is 18.3 Å². The first-order valence-electron chi connectivity index (χ1n) is 4.28. The molecule has 0 radical (unpaired) electrons. The lowest BCUT2D eigenvalue weighted by Gasteiger charge is -2.19. The molecule has 0 fully saturated rings. The van der Waals surface area contributed by atoms with Gasteiger partial charge in [-0.3, -0.25) is 0 Å². The first kappa shape index (κ1) is 11.9. The van der Waals surface area contributed by atoms with E-state index in [4.69, 9.17) is 21.8 Å². The third-order valence-corrected chi connectivity index (χ3v) is 3.24. The number of furan rings is 1. The summed E-state index contributed by atoms with van der Waals surface area (Å²) in [6, 6.07) is 3.53.